The first-order valence-electron chi connectivity index (χ1n) is 19.0. The normalized spacial score (nSPS) is 16.9. The van der Waals surface area contributed by atoms with Crippen LogP contribution in [0.25, 0.3) is 44.2 Å². The summed E-state index contributed by atoms with van der Waals surface area (Å²) in [6.07, 6.45) is 2.18. The fourth-order valence-corrected chi connectivity index (χ4v) is 10.3. The SMILES string of the molecule is CC1(C)c2ccccc2-c2cccc(-c3ccc(N(c4ccc5c(c4)C4(CCc6ccccc64)c4ccccc4-5)c4ccc5ccccc5c4)cc3)c21. The van der Waals surface area contributed by atoms with Gasteiger partial charge in [-0.3, -0.25) is 0 Å². The molecule has 3 aliphatic rings. The van der Waals surface area contributed by atoms with Crippen molar-refractivity contribution in [1.29, 1.82) is 0 Å². The fourth-order valence-electron chi connectivity index (χ4n) is 10.3. The van der Waals surface area contributed by atoms with E-state index in [9.17, 15) is 0 Å². The van der Waals surface area contributed by atoms with Gasteiger partial charge in [-0.1, -0.05) is 153 Å². The van der Waals surface area contributed by atoms with Gasteiger partial charge in [0.2, 0.25) is 0 Å². The molecule has 1 heteroatoms. The monoisotopic (exact) mass is 677 g/mol. The van der Waals surface area contributed by atoms with E-state index in [0.717, 1.165) is 24.2 Å². The second-order valence-electron chi connectivity index (χ2n) is 15.7. The molecular formula is C52H39N. The van der Waals surface area contributed by atoms with E-state index in [1.54, 1.807) is 0 Å². The minimum absolute atomic E-state index is 0.0743. The summed E-state index contributed by atoms with van der Waals surface area (Å²) in [6, 6.07) is 66.1. The summed E-state index contributed by atoms with van der Waals surface area (Å²) in [5.74, 6) is 0. The van der Waals surface area contributed by atoms with E-state index in [1.165, 1.54) is 83.2 Å². The maximum Gasteiger partial charge on any atom is 0.0470 e. The highest BCUT2D eigenvalue weighted by Gasteiger charge is 2.48. The van der Waals surface area contributed by atoms with Crippen LogP contribution in [0.3, 0.4) is 0 Å². The molecule has 0 saturated carbocycles. The first kappa shape index (κ1) is 30.4. The summed E-state index contributed by atoms with van der Waals surface area (Å²) in [6.45, 7) is 4.75. The number of fused-ring (bicyclic) bond motifs is 11. The summed E-state index contributed by atoms with van der Waals surface area (Å²) in [5.41, 5.74) is 19.9. The number of benzene rings is 8. The van der Waals surface area contributed by atoms with Crippen molar-refractivity contribution in [2.24, 2.45) is 0 Å². The molecule has 0 aromatic heterocycles. The van der Waals surface area contributed by atoms with Crippen LogP contribution in [-0.4, -0.2) is 0 Å². The highest BCUT2D eigenvalue weighted by molar-refractivity contribution is 5.93. The number of nitrogens with zero attached hydrogens (tertiary/aromatic N) is 1. The summed E-state index contributed by atoms with van der Waals surface area (Å²) < 4.78 is 0. The van der Waals surface area contributed by atoms with E-state index in [1.807, 2.05) is 0 Å². The largest absolute Gasteiger partial charge is 0.310 e. The van der Waals surface area contributed by atoms with Gasteiger partial charge >= 0.3 is 0 Å². The van der Waals surface area contributed by atoms with E-state index in [4.69, 9.17) is 0 Å². The smallest absolute Gasteiger partial charge is 0.0470 e. The Morgan fingerprint density at radius 3 is 1.83 bits per heavy atom. The van der Waals surface area contributed by atoms with Crippen molar-refractivity contribution >= 4 is 27.8 Å². The molecular weight excluding hydrogens is 639 g/mol. The third kappa shape index (κ3) is 4.25. The third-order valence-electron chi connectivity index (χ3n) is 12.7. The van der Waals surface area contributed by atoms with E-state index in [0.29, 0.717) is 0 Å². The topological polar surface area (TPSA) is 3.24 Å². The van der Waals surface area contributed by atoms with Gasteiger partial charge < -0.3 is 4.90 Å². The molecule has 0 aliphatic heterocycles. The quantitative estimate of drug-likeness (QED) is 0.179. The molecule has 0 N–H and O–H groups in total. The molecule has 1 atom stereocenters. The maximum atomic E-state index is 2.50. The van der Waals surface area contributed by atoms with Crippen molar-refractivity contribution in [1.82, 2.24) is 0 Å². The van der Waals surface area contributed by atoms with Crippen molar-refractivity contribution < 1.29 is 0 Å². The second kappa shape index (κ2) is 11.2. The minimum atomic E-state index is -0.143. The van der Waals surface area contributed by atoms with Crippen LogP contribution in [0, 0.1) is 0 Å². The van der Waals surface area contributed by atoms with Gasteiger partial charge in [0.05, 0.1) is 0 Å². The molecule has 0 fully saturated rings. The number of aryl methyl sites for hydroxylation is 1. The predicted molar refractivity (Wildman–Crippen MR) is 222 cm³/mol. The summed E-state index contributed by atoms with van der Waals surface area (Å²) in [7, 11) is 0. The molecule has 0 radical (unpaired) electrons. The molecule has 0 saturated heterocycles. The average molecular weight is 678 g/mol. The number of hydrogen-bond donors (Lipinski definition) is 0. The van der Waals surface area contributed by atoms with Crippen molar-refractivity contribution in [3.8, 4) is 33.4 Å². The Balaban J connectivity index is 1.08. The van der Waals surface area contributed by atoms with Gasteiger partial charge in [-0.25, -0.2) is 0 Å². The second-order valence-corrected chi connectivity index (χ2v) is 15.7. The number of hydrogen-bond acceptors (Lipinski definition) is 1. The van der Waals surface area contributed by atoms with Gasteiger partial charge in [0.1, 0.15) is 0 Å². The van der Waals surface area contributed by atoms with Crippen LogP contribution in [0.4, 0.5) is 17.1 Å². The summed E-state index contributed by atoms with van der Waals surface area (Å²) in [5, 5.41) is 2.49. The lowest BCUT2D eigenvalue weighted by Gasteiger charge is -2.31. The van der Waals surface area contributed by atoms with Crippen molar-refractivity contribution in [3.05, 3.63) is 209 Å². The first-order chi connectivity index (χ1) is 26.0. The summed E-state index contributed by atoms with van der Waals surface area (Å²) >= 11 is 0. The van der Waals surface area contributed by atoms with Gasteiger partial charge in [0.15, 0.2) is 0 Å². The standard InChI is InChI=1S/C52H39N/c1-51(2)47-20-9-6-16-43(47)45-18-11-17-41(50(45)51)35-23-25-38(26-24-35)53(39-27-22-34-12-3-4-14-37(34)32-39)40-28-29-44-42-15-7-10-21-48(42)52(49(44)33-40)31-30-36-13-5-8-19-46(36)52/h3-29,32-33H,30-31H2,1-2H3. The van der Waals surface area contributed by atoms with Crippen LogP contribution < -0.4 is 4.90 Å². The van der Waals surface area contributed by atoms with Crippen molar-refractivity contribution in [2.45, 2.75) is 37.5 Å². The zero-order valence-corrected chi connectivity index (χ0v) is 30.1. The Morgan fingerprint density at radius 1 is 0.415 bits per heavy atom. The lowest BCUT2D eigenvalue weighted by molar-refractivity contribution is 0.626. The van der Waals surface area contributed by atoms with Crippen LogP contribution in [-0.2, 0) is 17.3 Å². The first-order valence-corrected chi connectivity index (χ1v) is 19.0. The van der Waals surface area contributed by atoms with Gasteiger partial charge in [-0.2, -0.15) is 0 Å². The highest BCUT2D eigenvalue weighted by Crippen LogP contribution is 2.59. The molecule has 1 unspecified atom stereocenters. The van der Waals surface area contributed by atoms with Gasteiger partial charge in [0, 0.05) is 27.9 Å². The van der Waals surface area contributed by atoms with Crippen LogP contribution in [0.1, 0.15) is 53.6 Å². The minimum Gasteiger partial charge on any atom is -0.310 e. The van der Waals surface area contributed by atoms with Crippen LogP contribution in [0.5, 0.6) is 0 Å². The Bertz CT molecular complexity index is 2770. The molecule has 53 heavy (non-hydrogen) atoms. The number of rotatable bonds is 4. The predicted octanol–water partition coefficient (Wildman–Crippen LogP) is 13.5. The molecule has 0 heterocycles. The maximum absolute atomic E-state index is 2.50. The van der Waals surface area contributed by atoms with Gasteiger partial charge in [-0.05, 0) is 127 Å². The molecule has 0 bridgehead atoms. The van der Waals surface area contributed by atoms with Crippen LogP contribution >= 0.6 is 0 Å². The summed E-state index contributed by atoms with van der Waals surface area (Å²) in [4.78, 5) is 2.46. The Hall–Kier alpha value is -6.18. The molecule has 1 spiro atoms. The molecule has 1 nitrogen and oxygen atoms in total. The Labute approximate surface area is 311 Å². The molecule has 11 rings (SSSR count). The van der Waals surface area contributed by atoms with E-state index in [2.05, 4.69) is 195 Å². The fraction of sp³-hybridized carbons (Fsp3) is 0.115. The Morgan fingerprint density at radius 2 is 1.00 bits per heavy atom. The van der Waals surface area contributed by atoms with Crippen LogP contribution in [0.2, 0.25) is 0 Å². The van der Waals surface area contributed by atoms with E-state index < -0.39 is 0 Å². The molecule has 8 aromatic carbocycles. The average Bonchev–Trinajstić information content (AvgIpc) is 3.82. The van der Waals surface area contributed by atoms with Crippen molar-refractivity contribution in [3.63, 3.8) is 0 Å². The van der Waals surface area contributed by atoms with Crippen molar-refractivity contribution in [2.75, 3.05) is 4.90 Å². The molecule has 3 aliphatic carbocycles. The van der Waals surface area contributed by atoms with E-state index in [-0.39, 0.29) is 10.8 Å². The lowest BCUT2D eigenvalue weighted by atomic mass is 9.73. The zero-order valence-electron chi connectivity index (χ0n) is 30.1. The van der Waals surface area contributed by atoms with Crippen LogP contribution in [0.15, 0.2) is 176 Å². The Kier molecular flexibility index (Phi) is 6.41. The molecule has 8 aromatic rings. The highest BCUT2D eigenvalue weighted by atomic mass is 15.1. The number of anilines is 3. The molecule has 252 valence electrons. The lowest BCUT2D eigenvalue weighted by Crippen LogP contribution is -2.24. The van der Waals surface area contributed by atoms with E-state index >= 15 is 0 Å². The third-order valence-corrected chi connectivity index (χ3v) is 12.7. The zero-order chi connectivity index (χ0) is 35.3. The molecule has 0 amide bonds. The van der Waals surface area contributed by atoms with Gasteiger partial charge in [-0.15, -0.1) is 0 Å². The van der Waals surface area contributed by atoms with Gasteiger partial charge in [0.25, 0.3) is 0 Å².